The third kappa shape index (κ3) is 2.59. The number of aromatic nitrogens is 4. The molecule has 0 saturated heterocycles. The number of hydrogen-bond donors (Lipinski definition) is 0. The van der Waals surface area contributed by atoms with Gasteiger partial charge in [0.05, 0.1) is 10.9 Å². The number of hydrogen-bond acceptors (Lipinski definition) is 6. The van der Waals surface area contributed by atoms with Gasteiger partial charge in [-0.2, -0.15) is 0 Å². The highest BCUT2D eigenvalue weighted by molar-refractivity contribution is 5.83. The fourth-order valence-corrected chi connectivity index (χ4v) is 2.16. The van der Waals surface area contributed by atoms with Gasteiger partial charge >= 0.3 is 0 Å². The Morgan fingerprint density at radius 3 is 2.65 bits per heavy atom. The third-order valence-electron chi connectivity index (χ3n) is 3.24. The second kappa shape index (κ2) is 5.45. The Morgan fingerprint density at radius 1 is 1.00 bits per heavy atom. The van der Waals surface area contributed by atoms with Crippen LogP contribution >= 0.6 is 0 Å². The minimum Gasteiger partial charge on any atom is -0.438 e. The minimum atomic E-state index is -0.371. The Kier molecular flexibility index (Phi) is 3.16. The molecule has 0 aliphatic carbocycles. The minimum absolute atomic E-state index is 0.292. The Bertz CT molecular complexity index is 956. The molecule has 23 heavy (non-hydrogen) atoms. The summed E-state index contributed by atoms with van der Waals surface area (Å²) in [5.41, 5.74) is 1.38. The van der Waals surface area contributed by atoms with E-state index in [1.54, 1.807) is 30.3 Å². The zero-order valence-corrected chi connectivity index (χ0v) is 11.7. The number of benzene rings is 2. The predicted molar refractivity (Wildman–Crippen MR) is 79.3 cm³/mol. The summed E-state index contributed by atoms with van der Waals surface area (Å²) in [4.78, 5) is 8.16. The van der Waals surface area contributed by atoms with E-state index in [1.165, 1.54) is 24.9 Å². The summed E-state index contributed by atoms with van der Waals surface area (Å²) in [6.45, 7) is 0. The van der Waals surface area contributed by atoms with Gasteiger partial charge in [0.25, 0.3) is 0 Å². The SMILES string of the molecule is Fc1ccc2ncnc(Oc3ccc(-c4nnco4)cc3)c2c1. The van der Waals surface area contributed by atoms with Gasteiger partial charge < -0.3 is 9.15 Å². The van der Waals surface area contributed by atoms with Crippen LogP contribution in [0.5, 0.6) is 11.6 Å². The average molecular weight is 308 g/mol. The van der Waals surface area contributed by atoms with E-state index in [0.29, 0.717) is 28.4 Å². The second-order valence-corrected chi connectivity index (χ2v) is 4.71. The lowest BCUT2D eigenvalue weighted by molar-refractivity contribution is 0.468. The standard InChI is InChI=1S/C16H9FN4O2/c17-11-3-6-14-13(7-11)16(19-8-18-14)23-12-4-1-10(2-5-12)15-21-20-9-22-15/h1-9H. The van der Waals surface area contributed by atoms with Crippen LogP contribution in [0.3, 0.4) is 0 Å². The van der Waals surface area contributed by atoms with Gasteiger partial charge in [-0.25, -0.2) is 14.4 Å². The first-order valence-corrected chi connectivity index (χ1v) is 6.74. The summed E-state index contributed by atoms with van der Waals surface area (Å²) in [6, 6.07) is 11.3. The Labute approximate surface area is 129 Å². The Hall–Kier alpha value is -3.35. The lowest BCUT2D eigenvalue weighted by Gasteiger charge is -2.07. The van der Waals surface area contributed by atoms with Crippen molar-refractivity contribution < 1.29 is 13.5 Å². The number of ether oxygens (including phenoxy) is 1. The Balaban J connectivity index is 1.67. The van der Waals surface area contributed by atoms with Gasteiger partial charge in [-0.3, -0.25) is 0 Å². The quantitative estimate of drug-likeness (QED) is 0.575. The van der Waals surface area contributed by atoms with Crippen LogP contribution in [0.4, 0.5) is 4.39 Å². The van der Waals surface area contributed by atoms with Crippen LogP contribution in [0.2, 0.25) is 0 Å². The molecule has 4 aromatic rings. The lowest BCUT2D eigenvalue weighted by atomic mass is 10.2. The molecule has 6 nitrogen and oxygen atoms in total. The van der Waals surface area contributed by atoms with Crippen molar-refractivity contribution in [2.24, 2.45) is 0 Å². The molecule has 0 radical (unpaired) electrons. The van der Waals surface area contributed by atoms with Crippen LogP contribution in [-0.4, -0.2) is 20.2 Å². The van der Waals surface area contributed by atoms with Gasteiger partial charge in [-0.1, -0.05) is 0 Å². The topological polar surface area (TPSA) is 73.9 Å². The molecule has 7 heteroatoms. The van der Waals surface area contributed by atoms with Crippen molar-refractivity contribution >= 4 is 10.9 Å². The molecule has 0 N–H and O–H groups in total. The monoisotopic (exact) mass is 308 g/mol. The van der Waals surface area contributed by atoms with Crippen LogP contribution < -0.4 is 4.74 Å². The number of nitrogens with zero attached hydrogens (tertiary/aromatic N) is 4. The van der Waals surface area contributed by atoms with E-state index in [9.17, 15) is 4.39 Å². The van der Waals surface area contributed by atoms with Crippen LogP contribution in [0.1, 0.15) is 0 Å². The van der Waals surface area contributed by atoms with E-state index in [1.807, 2.05) is 0 Å². The molecule has 0 spiro atoms. The van der Waals surface area contributed by atoms with Crippen LogP contribution in [0.25, 0.3) is 22.4 Å². The molecule has 0 atom stereocenters. The largest absolute Gasteiger partial charge is 0.438 e. The molecule has 2 aromatic carbocycles. The first-order valence-electron chi connectivity index (χ1n) is 6.74. The molecule has 4 rings (SSSR count). The molecular formula is C16H9FN4O2. The maximum atomic E-state index is 13.4. The smallest absolute Gasteiger partial charge is 0.247 e. The molecule has 0 aliphatic rings. The number of halogens is 1. The van der Waals surface area contributed by atoms with Gasteiger partial charge in [0.1, 0.15) is 17.9 Å². The highest BCUT2D eigenvalue weighted by Crippen LogP contribution is 2.28. The molecule has 0 unspecified atom stereocenters. The number of fused-ring (bicyclic) bond motifs is 1. The van der Waals surface area contributed by atoms with E-state index in [4.69, 9.17) is 9.15 Å². The van der Waals surface area contributed by atoms with Gasteiger partial charge in [0.2, 0.25) is 18.2 Å². The van der Waals surface area contributed by atoms with Crippen molar-refractivity contribution in [1.82, 2.24) is 20.2 Å². The summed E-state index contributed by atoms with van der Waals surface area (Å²) >= 11 is 0. The third-order valence-corrected chi connectivity index (χ3v) is 3.24. The summed E-state index contributed by atoms with van der Waals surface area (Å²) in [7, 11) is 0. The number of rotatable bonds is 3. The molecule has 0 bridgehead atoms. The Morgan fingerprint density at radius 2 is 1.87 bits per heavy atom. The van der Waals surface area contributed by atoms with Gasteiger partial charge in [0.15, 0.2) is 0 Å². The summed E-state index contributed by atoms with van der Waals surface area (Å²) in [6.07, 6.45) is 2.64. The summed E-state index contributed by atoms with van der Waals surface area (Å²) in [5.74, 6) is 0.896. The van der Waals surface area contributed by atoms with Crippen molar-refractivity contribution in [2.75, 3.05) is 0 Å². The van der Waals surface area contributed by atoms with Gasteiger partial charge in [0, 0.05) is 5.56 Å². The lowest BCUT2D eigenvalue weighted by Crippen LogP contribution is -1.92. The molecule has 0 amide bonds. The second-order valence-electron chi connectivity index (χ2n) is 4.71. The molecule has 0 saturated carbocycles. The average Bonchev–Trinajstić information content (AvgIpc) is 3.11. The van der Waals surface area contributed by atoms with Crippen molar-refractivity contribution in [3.63, 3.8) is 0 Å². The van der Waals surface area contributed by atoms with Crippen molar-refractivity contribution in [3.8, 4) is 23.1 Å². The predicted octanol–water partition coefficient (Wildman–Crippen LogP) is 3.61. The van der Waals surface area contributed by atoms with E-state index in [-0.39, 0.29) is 5.82 Å². The van der Waals surface area contributed by atoms with E-state index >= 15 is 0 Å². The highest BCUT2D eigenvalue weighted by atomic mass is 19.1. The maximum Gasteiger partial charge on any atom is 0.247 e. The van der Waals surface area contributed by atoms with E-state index < -0.39 is 0 Å². The van der Waals surface area contributed by atoms with E-state index in [2.05, 4.69) is 20.2 Å². The molecular weight excluding hydrogens is 299 g/mol. The first kappa shape index (κ1) is 13.3. The van der Waals surface area contributed by atoms with Gasteiger partial charge in [-0.15, -0.1) is 10.2 Å². The zero-order valence-electron chi connectivity index (χ0n) is 11.7. The molecule has 2 aromatic heterocycles. The maximum absolute atomic E-state index is 13.4. The fraction of sp³-hybridized carbons (Fsp3) is 0. The highest BCUT2D eigenvalue weighted by Gasteiger charge is 2.08. The molecule has 0 fully saturated rings. The fourth-order valence-electron chi connectivity index (χ4n) is 2.16. The van der Waals surface area contributed by atoms with Crippen LogP contribution in [-0.2, 0) is 0 Å². The summed E-state index contributed by atoms with van der Waals surface area (Å²) < 4.78 is 24.3. The van der Waals surface area contributed by atoms with Crippen molar-refractivity contribution in [3.05, 3.63) is 61.0 Å². The van der Waals surface area contributed by atoms with Crippen LogP contribution in [0, 0.1) is 5.82 Å². The first-order chi connectivity index (χ1) is 11.3. The normalized spacial score (nSPS) is 10.8. The van der Waals surface area contributed by atoms with Crippen molar-refractivity contribution in [1.29, 1.82) is 0 Å². The molecule has 112 valence electrons. The molecule has 2 heterocycles. The van der Waals surface area contributed by atoms with E-state index in [0.717, 1.165) is 5.56 Å². The van der Waals surface area contributed by atoms with Crippen LogP contribution in [0.15, 0.2) is 59.6 Å². The zero-order chi connectivity index (χ0) is 15.6. The summed E-state index contributed by atoms with van der Waals surface area (Å²) in [5, 5.41) is 7.97. The van der Waals surface area contributed by atoms with Gasteiger partial charge in [-0.05, 0) is 42.5 Å². The molecule has 0 aliphatic heterocycles. The van der Waals surface area contributed by atoms with Crippen molar-refractivity contribution in [2.45, 2.75) is 0 Å².